The Labute approximate surface area is 110 Å². The van der Waals surface area contributed by atoms with Crippen molar-refractivity contribution in [2.45, 2.75) is 31.4 Å². The first-order valence-electron chi connectivity index (χ1n) is 5.72. The standard InChI is InChI=1S/C12H15F3N2.ClH/c13-11(14)10-2-1-9(8-17-10)7-12(15)3-5-16-6-4-12;/h1-2,8,11,16H,3-7H2;1H. The summed E-state index contributed by atoms with van der Waals surface area (Å²) in [6.07, 6.45) is -0.0363. The average molecular weight is 281 g/mol. The number of pyridine rings is 1. The van der Waals surface area contributed by atoms with Crippen molar-refractivity contribution >= 4 is 12.4 Å². The van der Waals surface area contributed by atoms with E-state index in [-0.39, 0.29) is 24.5 Å². The van der Waals surface area contributed by atoms with Gasteiger partial charge in [0.1, 0.15) is 11.4 Å². The van der Waals surface area contributed by atoms with Gasteiger partial charge < -0.3 is 5.32 Å². The zero-order chi connectivity index (χ0) is 12.3. The Morgan fingerprint density at radius 1 is 1.28 bits per heavy atom. The van der Waals surface area contributed by atoms with Crippen LogP contribution >= 0.6 is 12.4 Å². The first-order valence-corrected chi connectivity index (χ1v) is 5.72. The third-order valence-corrected chi connectivity index (χ3v) is 3.09. The van der Waals surface area contributed by atoms with Gasteiger partial charge in [-0.1, -0.05) is 6.07 Å². The second-order valence-corrected chi connectivity index (χ2v) is 4.47. The molecule has 6 heteroatoms. The van der Waals surface area contributed by atoms with Crippen LogP contribution in [0.4, 0.5) is 13.2 Å². The van der Waals surface area contributed by atoms with E-state index in [0.717, 1.165) is 0 Å². The highest BCUT2D eigenvalue weighted by Crippen LogP contribution is 2.28. The maximum absolute atomic E-state index is 14.3. The molecule has 2 nitrogen and oxygen atoms in total. The molecule has 2 rings (SSSR count). The zero-order valence-corrected chi connectivity index (χ0v) is 10.7. The predicted molar refractivity (Wildman–Crippen MR) is 66.1 cm³/mol. The molecule has 1 aromatic rings. The molecule has 18 heavy (non-hydrogen) atoms. The van der Waals surface area contributed by atoms with Crippen molar-refractivity contribution in [3.8, 4) is 0 Å². The summed E-state index contributed by atoms with van der Waals surface area (Å²) in [6.45, 7) is 1.33. The van der Waals surface area contributed by atoms with E-state index in [0.29, 0.717) is 31.5 Å². The number of halogens is 4. The molecule has 1 aliphatic heterocycles. The lowest BCUT2D eigenvalue weighted by Gasteiger charge is -2.30. The molecule has 0 saturated carbocycles. The Bertz CT molecular complexity index is 364. The first-order chi connectivity index (χ1) is 8.09. The van der Waals surface area contributed by atoms with E-state index in [9.17, 15) is 13.2 Å². The Balaban J connectivity index is 0.00000162. The van der Waals surface area contributed by atoms with Crippen LogP contribution in [0.3, 0.4) is 0 Å². The minimum absolute atomic E-state index is 0. The van der Waals surface area contributed by atoms with Gasteiger partial charge in [0.05, 0.1) is 0 Å². The highest BCUT2D eigenvalue weighted by atomic mass is 35.5. The normalized spacial score (nSPS) is 18.4. The summed E-state index contributed by atoms with van der Waals surface area (Å²) in [6, 6.07) is 2.81. The Morgan fingerprint density at radius 3 is 2.44 bits per heavy atom. The Morgan fingerprint density at radius 2 is 1.94 bits per heavy atom. The monoisotopic (exact) mass is 280 g/mol. The number of nitrogens with one attached hydrogen (secondary N) is 1. The van der Waals surface area contributed by atoms with Crippen molar-refractivity contribution in [1.82, 2.24) is 10.3 Å². The fourth-order valence-electron chi connectivity index (χ4n) is 2.09. The van der Waals surface area contributed by atoms with Crippen molar-refractivity contribution in [2.75, 3.05) is 13.1 Å². The lowest BCUT2D eigenvalue weighted by molar-refractivity contribution is 0.116. The first kappa shape index (κ1) is 15.2. The van der Waals surface area contributed by atoms with E-state index >= 15 is 0 Å². The Kier molecular flexibility index (Phi) is 5.41. The number of alkyl halides is 3. The van der Waals surface area contributed by atoms with Gasteiger partial charge in [-0.2, -0.15) is 0 Å². The van der Waals surface area contributed by atoms with Gasteiger partial charge in [-0.3, -0.25) is 4.98 Å². The lowest BCUT2D eigenvalue weighted by Crippen LogP contribution is -2.40. The summed E-state index contributed by atoms with van der Waals surface area (Å²) in [5.74, 6) is 0. The van der Waals surface area contributed by atoms with E-state index in [2.05, 4.69) is 10.3 Å². The van der Waals surface area contributed by atoms with Gasteiger partial charge in [0.2, 0.25) is 0 Å². The summed E-state index contributed by atoms with van der Waals surface area (Å²) in [5.41, 5.74) is -0.801. The third-order valence-electron chi connectivity index (χ3n) is 3.09. The van der Waals surface area contributed by atoms with Crippen LogP contribution in [0.1, 0.15) is 30.5 Å². The van der Waals surface area contributed by atoms with Crippen LogP contribution in [0.5, 0.6) is 0 Å². The molecule has 102 valence electrons. The van der Waals surface area contributed by atoms with Gasteiger partial charge in [0.25, 0.3) is 6.43 Å². The van der Waals surface area contributed by atoms with Crippen LogP contribution in [-0.4, -0.2) is 23.7 Å². The van der Waals surface area contributed by atoms with Crippen molar-refractivity contribution in [3.63, 3.8) is 0 Å². The van der Waals surface area contributed by atoms with Crippen molar-refractivity contribution in [2.24, 2.45) is 0 Å². The third kappa shape index (κ3) is 3.85. The maximum atomic E-state index is 14.3. The van der Waals surface area contributed by atoms with Gasteiger partial charge in [-0.15, -0.1) is 12.4 Å². The molecule has 0 unspecified atom stereocenters. The van der Waals surface area contributed by atoms with Crippen LogP contribution in [-0.2, 0) is 6.42 Å². The van der Waals surface area contributed by atoms with Gasteiger partial charge in [0.15, 0.2) is 0 Å². The van der Waals surface area contributed by atoms with Gasteiger partial charge in [0, 0.05) is 12.6 Å². The van der Waals surface area contributed by atoms with E-state index in [4.69, 9.17) is 0 Å². The second kappa shape index (κ2) is 6.38. The fourth-order valence-corrected chi connectivity index (χ4v) is 2.09. The van der Waals surface area contributed by atoms with Crippen LogP contribution in [0.15, 0.2) is 18.3 Å². The molecule has 1 fully saturated rings. The molecule has 1 N–H and O–H groups in total. The van der Waals surface area contributed by atoms with Crippen molar-refractivity contribution in [1.29, 1.82) is 0 Å². The summed E-state index contributed by atoms with van der Waals surface area (Å²) >= 11 is 0. The molecule has 0 aliphatic carbocycles. The number of nitrogens with zero attached hydrogens (tertiary/aromatic N) is 1. The average Bonchev–Trinajstić information content (AvgIpc) is 2.30. The van der Waals surface area contributed by atoms with Crippen LogP contribution < -0.4 is 5.32 Å². The summed E-state index contributed by atoms with van der Waals surface area (Å²) in [4.78, 5) is 3.64. The molecule has 0 aromatic carbocycles. The van der Waals surface area contributed by atoms with Crippen LogP contribution in [0.25, 0.3) is 0 Å². The quantitative estimate of drug-likeness (QED) is 0.920. The highest BCUT2D eigenvalue weighted by Gasteiger charge is 2.31. The largest absolute Gasteiger partial charge is 0.316 e. The number of hydrogen-bond donors (Lipinski definition) is 1. The smallest absolute Gasteiger partial charge is 0.280 e. The van der Waals surface area contributed by atoms with Gasteiger partial charge in [-0.05, 0) is 37.6 Å². The molecule has 0 amide bonds. The molecular formula is C12H16ClF3N2. The molecule has 1 saturated heterocycles. The number of piperidine rings is 1. The number of aromatic nitrogens is 1. The Hall–Kier alpha value is -0.810. The SMILES string of the molecule is Cl.FC(F)c1ccc(CC2(F)CCNCC2)cn1. The van der Waals surface area contributed by atoms with E-state index in [1.54, 1.807) is 0 Å². The fraction of sp³-hybridized carbons (Fsp3) is 0.583. The maximum Gasteiger partial charge on any atom is 0.280 e. The van der Waals surface area contributed by atoms with E-state index in [1.165, 1.54) is 18.3 Å². The summed E-state index contributed by atoms with van der Waals surface area (Å²) in [7, 11) is 0. The van der Waals surface area contributed by atoms with Crippen molar-refractivity contribution < 1.29 is 13.2 Å². The highest BCUT2D eigenvalue weighted by molar-refractivity contribution is 5.85. The summed E-state index contributed by atoms with van der Waals surface area (Å²) in [5, 5.41) is 3.09. The van der Waals surface area contributed by atoms with Crippen LogP contribution in [0.2, 0.25) is 0 Å². The van der Waals surface area contributed by atoms with Crippen molar-refractivity contribution in [3.05, 3.63) is 29.6 Å². The van der Waals surface area contributed by atoms with Gasteiger partial charge in [-0.25, -0.2) is 13.2 Å². The molecule has 0 radical (unpaired) electrons. The lowest BCUT2D eigenvalue weighted by atomic mass is 9.88. The number of rotatable bonds is 3. The minimum atomic E-state index is -2.57. The van der Waals surface area contributed by atoms with Crippen LogP contribution in [0, 0.1) is 0 Å². The molecule has 0 spiro atoms. The molecule has 0 bridgehead atoms. The molecule has 1 aliphatic rings. The second-order valence-electron chi connectivity index (χ2n) is 4.47. The molecular weight excluding hydrogens is 265 g/mol. The predicted octanol–water partition coefficient (Wildman–Crippen LogP) is 3.08. The topological polar surface area (TPSA) is 24.9 Å². The van der Waals surface area contributed by atoms with Gasteiger partial charge >= 0.3 is 0 Å². The van der Waals surface area contributed by atoms with E-state index < -0.39 is 12.1 Å². The zero-order valence-electron chi connectivity index (χ0n) is 9.83. The minimum Gasteiger partial charge on any atom is -0.316 e. The number of hydrogen-bond acceptors (Lipinski definition) is 2. The summed E-state index contributed by atoms with van der Waals surface area (Å²) < 4.78 is 38.9. The molecule has 2 heterocycles. The molecule has 0 atom stereocenters. The molecule has 1 aromatic heterocycles. The van der Waals surface area contributed by atoms with E-state index in [1.807, 2.05) is 0 Å².